The van der Waals surface area contributed by atoms with Crippen LogP contribution in [0.25, 0.3) is 145 Å². The van der Waals surface area contributed by atoms with Gasteiger partial charge in [0.05, 0.1) is 44.8 Å². The minimum atomic E-state index is 0.468. The van der Waals surface area contributed by atoms with Crippen molar-refractivity contribution in [2.75, 3.05) is 0 Å². The number of fused-ring (bicyclic) bond motifs is 6. The Labute approximate surface area is 572 Å². The van der Waals surface area contributed by atoms with Gasteiger partial charge in [-0.15, -0.1) is 0 Å². The molecule has 0 radical (unpaired) electrons. The van der Waals surface area contributed by atoms with Crippen molar-refractivity contribution in [1.29, 1.82) is 0 Å². The molecule has 2 aliphatic rings. The molecule has 18 rings (SSSR count). The zero-order valence-corrected chi connectivity index (χ0v) is 54.7. The van der Waals surface area contributed by atoms with Gasteiger partial charge < -0.3 is 9.13 Å². The predicted molar refractivity (Wildman–Crippen MR) is 406 cm³/mol. The smallest absolute Gasteiger partial charge is 0.160 e. The van der Waals surface area contributed by atoms with E-state index in [0.717, 1.165) is 79.8 Å². The van der Waals surface area contributed by atoms with E-state index in [9.17, 15) is 0 Å². The summed E-state index contributed by atoms with van der Waals surface area (Å²) in [7, 11) is 0. The van der Waals surface area contributed by atoms with Crippen LogP contribution in [0.2, 0.25) is 0 Å². The molecule has 0 aliphatic heterocycles. The second kappa shape index (κ2) is 25.5. The lowest BCUT2D eigenvalue weighted by Crippen LogP contribution is -2.13. The Kier molecular flexibility index (Phi) is 15.3. The maximum Gasteiger partial charge on any atom is 0.160 e. The molecular weight excluding hydrogens is 1190 g/mol. The molecule has 0 N–H and O–H groups in total. The van der Waals surface area contributed by atoms with E-state index in [1.807, 2.05) is 30.3 Å². The summed E-state index contributed by atoms with van der Waals surface area (Å²) in [5.41, 5.74) is 26.2. The van der Waals surface area contributed by atoms with Gasteiger partial charge in [0, 0.05) is 66.3 Å². The third kappa shape index (κ3) is 11.3. The summed E-state index contributed by atoms with van der Waals surface area (Å²) in [5.74, 6) is 3.00. The maximum absolute atomic E-state index is 5.18. The molecule has 2 fully saturated rings. The normalized spacial score (nSPS) is 15.1. The first-order valence-electron chi connectivity index (χ1n) is 35.1. The van der Waals surface area contributed by atoms with Crippen LogP contribution in [-0.4, -0.2) is 29.1 Å². The monoisotopic (exact) mass is 1260 g/mol. The van der Waals surface area contributed by atoms with Crippen LogP contribution in [-0.2, 0) is 0 Å². The van der Waals surface area contributed by atoms with Crippen molar-refractivity contribution in [2.24, 2.45) is 0 Å². The molecule has 16 aromatic rings. The Morgan fingerprint density at radius 1 is 0.224 bits per heavy atom. The second-order valence-electron chi connectivity index (χ2n) is 27.1. The van der Waals surface area contributed by atoms with Gasteiger partial charge in [-0.05, 0) is 174 Å². The van der Waals surface area contributed by atoms with Gasteiger partial charge in [0.15, 0.2) is 11.6 Å². The molecule has 470 valence electrons. The summed E-state index contributed by atoms with van der Waals surface area (Å²) in [6.07, 6.45) is 11.3. The molecule has 6 nitrogen and oxygen atoms in total. The zero-order valence-electron chi connectivity index (χ0n) is 54.7. The van der Waals surface area contributed by atoms with Crippen LogP contribution < -0.4 is 0 Å². The topological polar surface area (TPSA) is 61.4 Å². The molecular formula is C92H72N6. The van der Waals surface area contributed by atoms with E-state index in [4.69, 9.17) is 19.9 Å². The van der Waals surface area contributed by atoms with Gasteiger partial charge in [-0.1, -0.05) is 250 Å². The minimum absolute atomic E-state index is 0.468. The van der Waals surface area contributed by atoms with Crippen molar-refractivity contribution in [3.05, 3.63) is 326 Å². The Bertz CT molecular complexity index is 5450. The number of nitrogens with zero attached hydrogens (tertiary/aromatic N) is 6. The summed E-state index contributed by atoms with van der Waals surface area (Å²) in [5, 5.41) is 5.16. The maximum atomic E-state index is 5.18. The van der Waals surface area contributed by atoms with E-state index < -0.39 is 0 Å². The van der Waals surface area contributed by atoms with Crippen molar-refractivity contribution in [3.63, 3.8) is 0 Å². The predicted octanol–water partition coefficient (Wildman–Crippen LogP) is 24.3. The van der Waals surface area contributed by atoms with Crippen LogP contribution in [0.1, 0.15) is 92.2 Å². The molecule has 6 heteroatoms. The lowest BCUT2D eigenvalue weighted by atomic mass is 9.75. The van der Waals surface area contributed by atoms with Crippen molar-refractivity contribution in [3.8, 4) is 101 Å². The molecule has 2 aliphatic carbocycles. The van der Waals surface area contributed by atoms with Crippen LogP contribution in [0.5, 0.6) is 0 Å². The first-order chi connectivity index (χ1) is 48.5. The third-order valence-corrected chi connectivity index (χ3v) is 21.1. The van der Waals surface area contributed by atoms with Crippen LogP contribution in [0.15, 0.2) is 309 Å². The van der Waals surface area contributed by atoms with Gasteiger partial charge in [0.2, 0.25) is 0 Å². The molecule has 4 aromatic heterocycles. The quantitative estimate of drug-likeness (QED) is 0.115. The van der Waals surface area contributed by atoms with E-state index >= 15 is 0 Å². The van der Waals surface area contributed by atoms with Gasteiger partial charge >= 0.3 is 0 Å². The van der Waals surface area contributed by atoms with Gasteiger partial charge in [0.25, 0.3) is 0 Å². The number of hydrogen-bond donors (Lipinski definition) is 0. The van der Waals surface area contributed by atoms with E-state index in [1.54, 1.807) is 0 Å². The average Bonchev–Trinajstić information content (AvgIpc) is 1.58. The van der Waals surface area contributed by atoms with Gasteiger partial charge in [-0.25, -0.2) is 19.9 Å². The number of aromatic nitrogens is 6. The average molecular weight is 1260 g/mol. The lowest BCUT2D eigenvalue weighted by Gasteiger charge is -2.30. The SMILES string of the molecule is c1ccc(-c2ccc3c(c2)c2cc(-c4ccc(C5CCCC(c6ccc7c(c6)c6cc(C8CCCCC8)ccc6n7-c6ccc(-c7cc(-c8ccccc8)nc(-c8ccccc8)n7)cc6)C5)cc4)ccc2n3-c2ccc(-c3cc(-c4ccccc4)nc(-c4ccccc4)n3)cc2)cc1. The highest BCUT2D eigenvalue weighted by molar-refractivity contribution is 6.12. The zero-order chi connectivity index (χ0) is 64.9. The van der Waals surface area contributed by atoms with E-state index in [-0.39, 0.29) is 0 Å². The summed E-state index contributed by atoms with van der Waals surface area (Å²) in [6, 6.07) is 113. The second-order valence-corrected chi connectivity index (χ2v) is 27.1. The minimum Gasteiger partial charge on any atom is -0.309 e. The first kappa shape index (κ1) is 58.9. The fourth-order valence-corrected chi connectivity index (χ4v) is 16.0. The molecule has 12 aromatic carbocycles. The van der Waals surface area contributed by atoms with Crippen molar-refractivity contribution < 1.29 is 0 Å². The van der Waals surface area contributed by atoms with E-state index in [0.29, 0.717) is 23.6 Å². The molecule has 2 unspecified atom stereocenters. The van der Waals surface area contributed by atoms with Gasteiger partial charge in [-0.2, -0.15) is 0 Å². The molecule has 98 heavy (non-hydrogen) atoms. The lowest BCUT2D eigenvalue weighted by molar-refractivity contribution is 0.394. The highest BCUT2D eigenvalue weighted by Gasteiger charge is 2.27. The Balaban J connectivity index is 0.648. The summed E-state index contributed by atoms with van der Waals surface area (Å²) < 4.78 is 4.93. The van der Waals surface area contributed by atoms with Crippen molar-refractivity contribution >= 4 is 43.6 Å². The summed E-state index contributed by atoms with van der Waals surface area (Å²) >= 11 is 0. The van der Waals surface area contributed by atoms with Gasteiger partial charge in [0.1, 0.15) is 0 Å². The first-order valence-corrected chi connectivity index (χ1v) is 35.1. The van der Waals surface area contributed by atoms with E-state index in [2.05, 4.69) is 288 Å². The fraction of sp³-hybridized carbons (Fsp3) is 0.130. The number of rotatable bonds is 13. The molecule has 0 spiro atoms. The van der Waals surface area contributed by atoms with Crippen molar-refractivity contribution in [1.82, 2.24) is 29.1 Å². The highest BCUT2D eigenvalue weighted by Crippen LogP contribution is 2.46. The number of hydrogen-bond acceptors (Lipinski definition) is 4. The molecule has 0 saturated heterocycles. The Hall–Kier alpha value is -11.6. The molecule has 2 atom stereocenters. The largest absolute Gasteiger partial charge is 0.309 e. The molecule has 4 heterocycles. The Morgan fingerprint density at radius 3 is 0.959 bits per heavy atom. The van der Waals surface area contributed by atoms with Crippen molar-refractivity contribution in [2.45, 2.75) is 75.5 Å². The van der Waals surface area contributed by atoms with E-state index in [1.165, 1.54) is 134 Å². The van der Waals surface area contributed by atoms with Crippen LogP contribution in [0, 0.1) is 0 Å². The molecule has 0 amide bonds. The molecule has 0 bridgehead atoms. The fourth-order valence-electron chi connectivity index (χ4n) is 16.0. The van der Waals surface area contributed by atoms with Crippen LogP contribution in [0.4, 0.5) is 0 Å². The summed E-state index contributed by atoms with van der Waals surface area (Å²) in [6.45, 7) is 0. The van der Waals surface area contributed by atoms with Crippen LogP contribution >= 0.6 is 0 Å². The Morgan fingerprint density at radius 2 is 0.531 bits per heavy atom. The van der Waals surface area contributed by atoms with Crippen LogP contribution in [0.3, 0.4) is 0 Å². The summed E-state index contributed by atoms with van der Waals surface area (Å²) in [4.78, 5) is 20.5. The highest BCUT2D eigenvalue weighted by atomic mass is 15.0. The third-order valence-electron chi connectivity index (χ3n) is 21.1. The van der Waals surface area contributed by atoms with Gasteiger partial charge in [-0.3, -0.25) is 0 Å². The number of benzene rings is 12. The standard InChI is InChI=1S/C92H72N6/c1-7-20-61(21-8-1)73-42-50-87-79(55-73)81-57-75(44-52-89(81)97(87)77-46-38-67(39-47-77)85-59-83(65-24-11-3-12-25-65)93-91(95-85)69-28-15-5-16-29-69)64-36-34-63(35-37-64)71-32-19-33-72(54-71)76-45-53-90-82(58-76)80-56-74(62-22-9-2-10-23-62)43-51-88(80)98(90)78-48-40-68(41-49-78)86-60-84(66-26-13-4-14-27-66)94-92(96-86)70-30-17-6-18-31-70/h1,3-8,11-18,20-21,24-31,34-53,55-60,62,71-72H,2,9-10,19,22-23,32-33,54H2. The molecule has 2 saturated carbocycles.